The normalized spacial score (nSPS) is 23.3. The number of benzene rings is 1. The zero-order valence-corrected chi connectivity index (χ0v) is 15.3. The van der Waals surface area contributed by atoms with Crippen molar-refractivity contribution in [2.75, 3.05) is 20.1 Å². The summed E-state index contributed by atoms with van der Waals surface area (Å²) in [5, 5.41) is 0.634. The molecule has 26 heavy (non-hydrogen) atoms. The minimum atomic E-state index is -0.0282. The number of carbonyl (C=O) groups excluding carboxylic acids is 1. The van der Waals surface area contributed by atoms with Gasteiger partial charge in [-0.15, -0.1) is 0 Å². The molecule has 3 heterocycles. The first-order valence-electron chi connectivity index (χ1n) is 9.57. The monoisotopic (exact) mass is 354 g/mol. The fraction of sp³-hybridized carbons (Fsp3) is 0.550. The van der Waals surface area contributed by atoms with Crippen molar-refractivity contribution >= 4 is 16.8 Å². The summed E-state index contributed by atoms with van der Waals surface area (Å²) in [6.45, 7) is 2.59. The maximum Gasteiger partial charge on any atom is 0.261 e. The molecule has 0 radical (unpaired) electrons. The van der Waals surface area contributed by atoms with Crippen LogP contribution in [0.3, 0.4) is 0 Å². The molecule has 0 aliphatic carbocycles. The van der Waals surface area contributed by atoms with Crippen LogP contribution in [0.4, 0.5) is 0 Å². The van der Waals surface area contributed by atoms with E-state index in [2.05, 4.69) is 21.8 Å². The Bertz CT molecular complexity index is 862. The molecule has 0 saturated carbocycles. The number of aromatic nitrogens is 2. The maximum atomic E-state index is 12.8. The number of fused-ring (bicyclic) bond motifs is 3. The van der Waals surface area contributed by atoms with Crippen molar-refractivity contribution in [2.45, 2.75) is 50.7 Å². The van der Waals surface area contributed by atoms with E-state index < -0.39 is 0 Å². The third-order valence-electron chi connectivity index (χ3n) is 5.80. The number of likely N-dealkylation sites (tertiary alicyclic amines) is 1. The van der Waals surface area contributed by atoms with Crippen molar-refractivity contribution in [3.8, 4) is 0 Å². The molecule has 2 fully saturated rings. The maximum absolute atomic E-state index is 12.8. The van der Waals surface area contributed by atoms with Crippen LogP contribution >= 0.6 is 0 Å². The van der Waals surface area contributed by atoms with Gasteiger partial charge < -0.3 is 9.80 Å². The van der Waals surface area contributed by atoms with Gasteiger partial charge in [0.05, 0.1) is 17.2 Å². The summed E-state index contributed by atoms with van der Waals surface area (Å²) in [4.78, 5) is 34.2. The van der Waals surface area contributed by atoms with Crippen molar-refractivity contribution < 1.29 is 4.79 Å². The SMILES string of the molecule is CN1CC[C@H]2CC[C@@H](C1)N2C(=O)CCCn1cnc2ccccc2c1=O. The molecule has 2 aliphatic heterocycles. The van der Waals surface area contributed by atoms with Crippen LogP contribution < -0.4 is 5.56 Å². The lowest BCUT2D eigenvalue weighted by Gasteiger charge is -2.28. The lowest BCUT2D eigenvalue weighted by molar-refractivity contribution is -0.134. The Morgan fingerprint density at radius 2 is 2.00 bits per heavy atom. The smallest absolute Gasteiger partial charge is 0.261 e. The number of carbonyl (C=O) groups is 1. The van der Waals surface area contributed by atoms with Crippen LogP contribution in [-0.4, -0.2) is 57.5 Å². The summed E-state index contributed by atoms with van der Waals surface area (Å²) in [6.07, 6.45) is 6.10. The Hall–Kier alpha value is -2.21. The molecule has 138 valence electrons. The molecule has 1 amide bonds. The zero-order chi connectivity index (χ0) is 18.1. The van der Waals surface area contributed by atoms with Crippen LogP contribution in [0.1, 0.15) is 32.1 Å². The predicted octanol–water partition coefficient (Wildman–Crippen LogP) is 1.87. The Labute approximate surface area is 153 Å². The van der Waals surface area contributed by atoms with Gasteiger partial charge in [0.15, 0.2) is 0 Å². The summed E-state index contributed by atoms with van der Waals surface area (Å²) < 4.78 is 1.63. The molecule has 2 atom stereocenters. The van der Waals surface area contributed by atoms with Gasteiger partial charge in [-0.05, 0) is 51.4 Å². The van der Waals surface area contributed by atoms with E-state index in [1.807, 2.05) is 18.2 Å². The van der Waals surface area contributed by atoms with Gasteiger partial charge in [-0.2, -0.15) is 0 Å². The largest absolute Gasteiger partial charge is 0.335 e. The first-order valence-corrected chi connectivity index (χ1v) is 9.57. The predicted molar refractivity (Wildman–Crippen MR) is 101 cm³/mol. The molecule has 6 nitrogen and oxygen atoms in total. The van der Waals surface area contributed by atoms with E-state index in [0.29, 0.717) is 36.9 Å². The van der Waals surface area contributed by atoms with Gasteiger partial charge in [0.2, 0.25) is 5.91 Å². The van der Waals surface area contributed by atoms with Crippen molar-refractivity contribution in [3.05, 3.63) is 40.9 Å². The zero-order valence-electron chi connectivity index (χ0n) is 15.3. The molecule has 0 unspecified atom stereocenters. The summed E-state index contributed by atoms with van der Waals surface area (Å²) >= 11 is 0. The third-order valence-corrected chi connectivity index (χ3v) is 5.80. The average molecular weight is 354 g/mol. The lowest BCUT2D eigenvalue weighted by atomic mass is 10.1. The summed E-state index contributed by atoms with van der Waals surface area (Å²) in [5.41, 5.74) is 0.689. The number of hydrogen-bond donors (Lipinski definition) is 0. The second kappa shape index (κ2) is 7.19. The minimum Gasteiger partial charge on any atom is -0.335 e. The number of aryl methyl sites for hydroxylation is 1. The molecule has 2 saturated heterocycles. The molecule has 2 aliphatic rings. The van der Waals surface area contributed by atoms with Crippen LogP contribution in [-0.2, 0) is 11.3 Å². The number of rotatable bonds is 4. The summed E-state index contributed by atoms with van der Waals surface area (Å²) in [5.74, 6) is 0.245. The number of likely N-dealkylation sites (N-methyl/N-ethyl adjacent to an activating group) is 1. The van der Waals surface area contributed by atoms with Crippen molar-refractivity contribution in [2.24, 2.45) is 0 Å². The van der Waals surface area contributed by atoms with Crippen molar-refractivity contribution in [1.82, 2.24) is 19.4 Å². The molecule has 1 aromatic heterocycles. The van der Waals surface area contributed by atoms with Gasteiger partial charge in [-0.1, -0.05) is 12.1 Å². The molecule has 2 bridgehead atoms. The fourth-order valence-corrected chi connectivity index (χ4v) is 4.45. The quantitative estimate of drug-likeness (QED) is 0.841. The van der Waals surface area contributed by atoms with E-state index in [-0.39, 0.29) is 11.5 Å². The van der Waals surface area contributed by atoms with Gasteiger partial charge in [-0.25, -0.2) is 4.98 Å². The molecular weight excluding hydrogens is 328 g/mol. The van der Waals surface area contributed by atoms with Crippen molar-refractivity contribution in [3.63, 3.8) is 0 Å². The molecule has 6 heteroatoms. The van der Waals surface area contributed by atoms with E-state index in [1.165, 1.54) is 0 Å². The Morgan fingerprint density at radius 3 is 2.88 bits per heavy atom. The topological polar surface area (TPSA) is 58.4 Å². The molecule has 0 spiro atoms. The second-order valence-corrected chi connectivity index (χ2v) is 7.60. The fourth-order valence-electron chi connectivity index (χ4n) is 4.45. The molecule has 0 N–H and O–H groups in total. The lowest BCUT2D eigenvalue weighted by Crippen LogP contribution is -2.42. The van der Waals surface area contributed by atoms with Gasteiger partial charge >= 0.3 is 0 Å². The highest BCUT2D eigenvalue weighted by molar-refractivity contribution is 5.77. The van der Waals surface area contributed by atoms with E-state index in [4.69, 9.17) is 0 Å². The molecule has 4 rings (SSSR count). The number of para-hydroxylation sites is 1. The first kappa shape index (κ1) is 17.2. The number of amides is 1. The Morgan fingerprint density at radius 1 is 1.19 bits per heavy atom. The second-order valence-electron chi connectivity index (χ2n) is 7.60. The van der Waals surface area contributed by atoms with Gasteiger partial charge in [-0.3, -0.25) is 14.2 Å². The van der Waals surface area contributed by atoms with Crippen molar-refractivity contribution in [1.29, 1.82) is 0 Å². The highest BCUT2D eigenvalue weighted by atomic mass is 16.2. The number of hydrogen-bond acceptors (Lipinski definition) is 4. The Kier molecular flexibility index (Phi) is 4.76. The van der Waals surface area contributed by atoms with Gasteiger partial charge in [0, 0.05) is 31.6 Å². The van der Waals surface area contributed by atoms with Crippen LogP contribution in [0.15, 0.2) is 35.4 Å². The number of nitrogens with zero attached hydrogens (tertiary/aromatic N) is 4. The summed E-state index contributed by atoms with van der Waals surface area (Å²) in [6, 6.07) is 8.15. The van der Waals surface area contributed by atoms with Crippen LogP contribution in [0, 0.1) is 0 Å². The van der Waals surface area contributed by atoms with Gasteiger partial charge in [0.25, 0.3) is 5.56 Å². The first-order chi connectivity index (χ1) is 12.6. The minimum absolute atomic E-state index is 0.0282. The highest BCUT2D eigenvalue weighted by Crippen LogP contribution is 2.30. The standard InChI is InChI=1S/C20H26N4O2/c1-22-12-10-15-8-9-16(13-22)24(15)19(25)7-4-11-23-14-21-18-6-3-2-5-17(18)20(23)26/h2-3,5-6,14-16H,4,7-13H2,1H3/t15-,16+/m1/s1. The molecular formula is C20H26N4O2. The summed E-state index contributed by atoms with van der Waals surface area (Å²) in [7, 11) is 2.14. The van der Waals surface area contributed by atoms with E-state index in [0.717, 1.165) is 37.9 Å². The highest BCUT2D eigenvalue weighted by Gasteiger charge is 2.38. The average Bonchev–Trinajstić information content (AvgIpc) is 2.95. The Balaban J connectivity index is 1.40. The van der Waals surface area contributed by atoms with Crippen LogP contribution in [0.25, 0.3) is 10.9 Å². The van der Waals surface area contributed by atoms with Crippen LogP contribution in [0.2, 0.25) is 0 Å². The van der Waals surface area contributed by atoms with E-state index >= 15 is 0 Å². The third kappa shape index (κ3) is 3.26. The van der Waals surface area contributed by atoms with E-state index in [9.17, 15) is 9.59 Å². The molecule has 2 aromatic rings. The molecule has 1 aromatic carbocycles. The van der Waals surface area contributed by atoms with Crippen LogP contribution in [0.5, 0.6) is 0 Å². The van der Waals surface area contributed by atoms with E-state index in [1.54, 1.807) is 17.0 Å². The van der Waals surface area contributed by atoms with Gasteiger partial charge in [0.1, 0.15) is 0 Å².